The molecule has 0 bridgehead atoms. The van der Waals surface area contributed by atoms with Crippen LogP contribution in [0.4, 0.5) is 5.69 Å². The molecule has 0 unspecified atom stereocenters. The topological polar surface area (TPSA) is 51.0 Å². The minimum Gasteiger partial charge on any atom is -0.489 e. The van der Waals surface area contributed by atoms with Crippen molar-refractivity contribution < 1.29 is 4.74 Å². The molecule has 0 saturated heterocycles. The van der Waals surface area contributed by atoms with E-state index in [9.17, 15) is 0 Å². The van der Waals surface area contributed by atoms with Gasteiger partial charge < -0.3 is 15.5 Å². The summed E-state index contributed by atoms with van der Waals surface area (Å²) in [7, 11) is 0. The number of fused-ring (bicyclic) bond motifs is 1. The van der Waals surface area contributed by atoms with Crippen LogP contribution >= 0.6 is 0 Å². The zero-order valence-electron chi connectivity index (χ0n) is 10.8. The second kappa shape index (κ2) is 4.69. The number of nitrogen functional groups attached to an aromatic ring is 1. The summed E-state index contributed by atoms with van der Waals surface area (Å²) in [4.78, 5) is 3.22. The van der Waals surface area contributed by atoms with Gasteiger partial charge in [0.05, 0.1) is 0 Å². The van der Waals surface area contributed by atoms with E-state index in [1.54, 1.807) is 0 Å². The van der Waals surface area contributed by atoms with Crippen LogP contribution in [0, 0.1) is 6.92 Å². The van der Waals surface area contributed by atoms with Crippen molar-refractivity contribution in [3.8, 4) is 5.75 Å². The first-order valence-electron chi connectivity index (χ1n) is 6.28. The maximum Gasteiger partial charge on any atom is 0.122 e. The van der Waals surface area contributed by atoms with E-state index in [0.29, 0.717) is 6.61 Å². The first-order valence-corrected chi connectivity index (χ1v) is 6.28. The Kier molecular flexibility index (Phi) is 2.88. The number of nitrogens with two attached hydrogens (primary N) is 1. The number of aromatic nitrogens is 1. The number of anilines is 1. The molecule has 2 aromatic carbocycles. The van der Waals surface area contributed by atoms with Gasteiger partial charge >= 0.3 is 0 Å². The normalized spacial score (nSPS) is 10.8. The fraction of sp³-hybridized carbons (Fsp3) is 0.125. The number of hydrogen-bond acceptors (Lipinski definition) is 2. The van der Waals surface area contributed by atoms with E-state index in [4.69, 9.17) is 10.5 Å². The fourth-order valence-corrected chi connectivity index (χ4v) is 2.27. The predicted octanol–water partition coefficient (Wildman–Crippen LogP) is 3.64. The molecule has 0 aliphatic carbocycles. The van der Waals surface area contributed by atoms with E-state index in [-0.39, 0.29) is 0 Å². The molecule has 0 atom stereocenters. The summed E-state index contributed by atoms with van der Waals surface area (Å²) in [6.07, 6.45) is 1.96. The Labute approximate surface area is 112 Å². The van der Waals surface area contributed by atoms with Gasteiger partial charge in [0.2, 0.25) is 0 Å². The Bertz CT molecular complexity index is 716. The van der Waals surface area contributed by atoms with Gasteiger partial charge in [0.25, 0.3) is 0 Å². The van der Waals surface area contributed by atoms with Crippen LogP contribution in [0.1, 0.15) is 11.1 Å². The molecule has 0 saturated carbocycles. The average Bonchev–Trinajstić information content (AvgIpc) is 2.83. The monoisotopic (exact) mass is 252 g/mol. The maximum absolute atomic E-state index is 6.02. The molecule has 1 heterocycles. The lowest BCUT2D eigenvalue weighted by Crippen LogP contribution is -1.97. The standard InChI is InChI=1S/C16H16N2O/c1-11-5-2-3-8-15(11)19-10-12-9-18-14-7-4-6-13(17)16(12)14/h2-9,18H,10,17H2,1H3. The van der Waals surface area contributed by atoms with Crippen molar-refractivity contribution in [2.75, 3.05) is 5.73 Å². The van der Waals surface area contributed by atoms with Crippen LogP contribution in [0.3, 0.4) is 0 Å². The second-order valence-electron chi connectivity index (χ2n) is 4.64. The third-order valence-corrected chi connectivity index (χ3v) is 3.30. The van der Waals surface area contributed by atoms with Crippen molar-refractivity contribution in [1.82, 2.24) is 4.98 Å². The van der Waals surface area contributed by atoms with E-state index in [0.717, 1.165) is 33.5 Å². The molecular weight excluding hydrogens is 236 g/mol. The molecule has 3 heteroatoms. The minimum absolute atomic E-state index is 0.513. The minimum atomic E-state index is 0.513. The predicted molar refractivity (Wildman–Crippen MR) is 78.2 cm³/mol. The lowest BCUT2D eigenvalue weighted by atomic mass is 10.1. The van der Waals surface area contributed by atoms with Crippen molar-refractivity contribution in [3.63, 3.8) is 0 Å². The quantitative estimate of drug-likeness (QED) is 0.699. The Morgan fingerprint density at radius 1 is 1.11 bits per heavy atom. The Balaban J connectivity index is 1.89. The van der Waals surface area contributed by atoms with Crippen LogP contribution in [0.2, 0.25) is 0 Å². The van der Waals surface area contributed by atoms with Crippen molar-refractivity contribution in [1.29, 1.82) is 0 Å². The zero-order chi connectivity index (χ0) is 13.2. The van der Waals surface area contributed by atoms with E-state index in [1.165, 1.54) is 0 Å². The van der Waals surface area contributed by atoms with Crippen LogP contribution in [-0.4, -0.2) is 4.98 Å². The van der Waals surface area contributed by atoms with Gasteiger partial charge in [0.1, 0.15) is 12.4 Å². The number of H-pyrrole nitrogens is 1. The van der Waals surface area contributed by atoms with Gasteiger partial charge in [-0.1, -0.05) is 24.3 Å². The Morgan fingerprint density at radius 2 is 1.95 bits per heavy atom. The smallest absolute Gasteiger partial charge is 0.122 e. The molecule has 0 radical (unpaired) electrons. The maximum atomic E-state index is 6.02. The van der Waals surface area contributed by atoms with Crippen molar-refractivity contribution in [3.05, 3.63) is 59.8 Å². The van der Waals surface area contributed by atoms with Crippen LogP contribution in [0.25, 0.3) is 10.9 Å². The summed E-state index contributed by atoms with van der Waals surface area (Å²) in [5, 5.41) is 1.05. The number of ether oxygens (including phenoxy) is 1. The lowest BCUT2D eigenvalue weighted by Gasteiger charge is -2.08. The summed E-state index contributed by atoms with van der Waals surface area (Å²) < 4.78 is 5.87. The van der Waals surface area contributed by atoms with Crippen LogP contribution in [-0.2, 0) is 6.61 Å². The first-order chi connectivity index (χ1) is 9.25. The number of benzene rings is 2. The van der Waals surface area contributed by atoms with E-state index < -0.39 is 0 Å². The summed E-state index contributed by atoms with van der Waals surface area (Å²) in [6, 6.07) is 13.9. The molecule has 3 rings (SSSR count). The van der Waals surface area contributed by atoms with Crippen LogP contribution in [0.5, 0.6) is 5.75 Å². The molecule has 0 amide bonds. The number of nitrogens with one attached hydrogen (secondary N) is 1. The highest BCUT2D eigenvalue weighted by Gasteiger charge is 2.07. The van der Waals surface area contributed by atoms with Gasteiger partial charge in [-0.3, -0.25) is 0 Å². The van der Waals surface area contributed by atoms with Gasteiger partial charge in [-0.25, -0.2) is 0 Å². The van der Waals surface area contributed by atoms with Crippen LogP contribution in [0.15, 0.2) is 48.7 Å². The Morgan fingerprint density at radius 3 is 2.79 bits per heavy atom. The van der Waals surface area contributed by atoms with Gasteiger partial charge in [-0.05, 0) is 30.7 Å². The zero-order valence-corrected chi connectivity index (χ0v) is 10.8. The molecule has 0 aliphatic heterocycles. The highest BCUT2D eigenvalue weighted by molar-refractivity contribution is 5.93. The molecule has 96 valence electrons. The highest BCUT2D eigenvalue weighted by Crippen LogP contribution is 2.26. The largest absolute Gasteiger partial charge is 0.489 e. The molecular formula is C16H16N2O. The fourth-order valence-electron chi connectivity index (χ4n) is 2.27. The average molecular weight is 252 g/mol. The molecule has 3 nitrogen and oxygen atoms in total. The van der Waals surface area contributed by atoms with E-state index in [1.807, 2.05) is 55.6 Å². The van der Waals surface area contributed by atoms with Crippen LogP contribution < -0.4 is 10.5 Å². The van der Waals surface area contributed by atoms with Crippen molar-refractivity contribution in [2.45, 2.75) is 13.5 Å². The SMILES string of the molecule is Cc1ccccc1OCc1c[nH]c2cccc(N)c12. The van der Waals surface area contributed by atoms with Gasteiger partial charge in [0, 0.05) is 28.4 Å². The summed E-state index contributed by atoms with van der Waals surface area (Å²) in [5.74, 6) is 0.909. The summed E-state index contributed by atoms with van der Waals surface area (Å²) >= 11 is 0. The van der Waals surface area contributed by atoms with Gasteiger partial charge in [-0.15, -0.1) is 0 Å². The molecule has 0 aliphatic rings. The summed E-state index contributed by atoms with van der Waals surface area (Å²) in [6.45, 7) is 2.55. The molecule has 3 N–H and O–H groups in total. The number of aryl methyl sites for hydroxylation is 1. The molecule has 0 fully saturated rings. The molecule has 3 aromatic rings. The molecule has 19 heavy (non-hydrogen) atoms. The molecule has 0 spiro atoms. The lowest BCUT2D eigenvalue weighted by molar-refractivity contribution is 0.305. The van der Waals surface area contributed by atoms with E-state index in [2.05, 4.69) is 4.98 Å². The second-order valence-corrected chi connectivity index (χ2v) is 4.64. The van der Waals surface area contributed by atoms with E-state index >= 15 is 0 Å². The van der Waals surface area contributed by atoms with Gasteiger partial charge in [-0.2, -0.15) is 0 Å². The third-order valence-electron chi connectivity index (χ3n) is 3.30. The first kappa shape index (κ1) is 11.7. The van der Waals surface area contributed by atoms with Crippen molar-refractivity contribution in [2.24, 2.45) is 0 Å². The third kappa shape index (κ3) is 2.15. The molecule has 1 aromatic heterocycles. The van der Waals surface area contributed by atoms with Gasteiger partial charge in [0.15, 0.2) is 0 Å². The number of rotatable bonds is 3. The summed E-state index contributed by atoms with van der Waals surface area (Å²) in [5.41, 5.74) is 10.1. The highest BCUT2D eigenvalue weighted by atomic mass is 16.5. The number of para-hydroxylation sites is 1. The number of aromatic amines is 1. The van der Waals surface area contributed by atoms with Crippen molar-refractivity contribution >= 4 is 16.6 Å². The number of hydrogen-bond donors (Lipinski definition) is 2. The Hall–Kier alpha value is -2.42.